The van der Waals surface area contributed by atoms with Crippen molar-refractivity contribution in [3.8, 4) is 5.75 Å². The molecule has 5 heteroatoms. The molecular formula is C19H27ClN2O2. The Morgan fingerprint density at radius 3 is 2.71 bits per heavy atom. The molecule has 4 nitrogen and oxygen atoms in total. The van der Waals surface area contributed by atoms with Crippen LogP contribution in [0.5, 0.6) is 5.75 Å². The van der Waals surface area contributed by atoms with Crippen molar-refractivity contribution < 1.29 is 9.53 Å². The Bertz CT molecular complexity index is 582. The highest BCUT2D eigenvalue weighted by atomic mass is 35.5. The number of fused-ring (bicyclic) bond motifs is 1. The molecule has 3 rings (SSSR count). The smallest absolute Gasteiger partial charge is 0.260 e. The number of rotatable bonds is 0. The van der Waals surface area contributed by atoms with Gasteiger partial charge in [0.15, 0.2) is 6.61 Å². The molecule has 0 saturated carbocycles. The molecule has 132 valence electrons. The van der Waals surface area contributed by atoms with E-state index in [1.54, 1.807) is 0 Å². The zero-order valence-corrected chi connectivity index (χ0v) is 15.1. The van der Waals surface area contributed by atoms with Crippen LogP contribution in [0.25, 0.3) is 0 Å². The standard InChI is InChI=1S/C19H26N2O2.ClH/c1-21-15-19(10-12-20-13-11-19)9-5-4-7-16-6-2-3-8-17(16)23-14-18(21)22;/h2-6,8,20H,7,9-15H2,1H3;1H/b5-4+;. The molecule has 1 saturated heterocycles. The van der Waals surface area contributed by atoms with Crippen molar-refractivity contribution in [2.45, 2.75) is 25.7 Å². The molecule has 0 aromatic heterocycles. The van der Waals surface area contributed by atoms with Gasteiger partial charge in [0.25, 0.3) is 5.91 Å². The molecule has 0 radical (unpaired) electrons. The SMILES string of the molecule is CN1CC2(C/C=C/Cc3ccccc3OCC1=O)CCNCC2.Cl. The third-order valence-corrected chi connectivity index (χ3v) is 5.04. The van der Waals surface area contributed by atoms with Gasteiger partial charge in [0, 0.05) is 13.6 Å². The lowest BCUT2D eigenvalue weighted by Crippen LogP contribution is -2.46. The van der Waals surface area contributed by atoms with Crippen molar-refractivity contribution in [1.29, 1.82) is 0 Å². The molecule has 0 atom stereocenters. The van der Waals surface area contributed by atoms with Gasteiger partial charge in [-0.3, -0.25) is 4.79 Å². The highest BCUT2D eigenvalue weighted by Crippen LogP contribution is 2.34. The Morgan fingerprint density at radius 1 is 1.17 bits per heavy atom. The van der Waals surface area contributed by atoms with Crippen molar-refractivity contribution in [3.05, 3.63) is 42.0 Å². The second kappa shape index (κ2) is 8.54. The number of likely N-dealkylation sites (N-methyl/N-ethyl adjacent to an activating group) is 1. The molecule has 1 N–H and O–H groups in total. The minimum absolute atomic E-state index is 0. The molecule has 2 heterocycles. The number of ether oxygens (including phenoxy) is 1. The fraction of sp³-hybridized carbons (Fsp3) is 0.526. The molecule has 24 heavy (non-hydrogen) atoms. The average Bonchev–Trinajstić information content (AvgIpc) is 2.57. The van der Waals surface area contributed by atoms with Gasteiger partial charge in [-0.2, -0.15) is 0 Å². The summed E-state index contributed by atoms with van der Waals surface area (Å²) in [6.45, 7) is 3.00. The van der Waals surface area contributed by atoms with Crippen LogP contribution in [0.4, 0.5) is 0 Å². The Morgan fingerprint density at radius 2 is 1.92 bits per heavy atom. The minimum Gasteiger partial charge on any atom is -0.483 e. The summed E-state index contributed by atoms with van der Waals surface area (Å²) in [5, 5.41) is 3.43. The topological polar surface area (TPSA) is 41.6 Å². The summed E-state index contributed by atoms with van der Waals surface area (Å²) in [4.78, 5) is 14.3. The maximum Gasteiger partial charge on any atom is 0.260 e. The van der Waals surface area contributed by atoms with Gasteiger partial charge in [-0.15, -0.1) is 12.4 Å². The number of nitrogens with one attached hydrogen (secondary N) is 1. The Kier molecular flexibility index (Phi) is 6.69. The van der Waals surface area contributed by atoms with Crippen LogP contribution in [0, 0.1) is 5.41 Å². The van der Waals surface area contributed by atoms with E-state index in [9.17, 15) is 4.79 Å². The second-order valence-electron chi connectivity index (χ2n) is 6.78. The molecule has 0 bridgehead atoms. The zero-order valence-electron chi connectivity index (χ0n) is 14.3. The molecule has 0 aliphatic carbocycles. The summed E-state index contributed by atoms with van der Waals surface area (Å²) < 4.78 is 5.78. The lowest BCUT2D eigenvalue weighted by molar-refractivity contribution is -0.133. The van der Waals surface area contributed by atoms with Gasteiger partial charge in [-0.05, 0) is 55.8 Å². The lowest BCUT2D eigenvalue weighted by atomic mass is 9.75. The van der Waals surface area contributed by atoms with Crippen LogP contribution in [-0.4, -0.2) is 44.1 Å². The summed E-state index contributed by atoms with van der Waals surface area (Å²) in [6, 6.07) is 7.98. The molecule has 1 aromatic carbocycles. The summed E-state index contributed by atoms with van der Waals surface area (Å²) >= 11 is 0. The van der Waals surface area contributed by atoms with Crippen molar-refractivity contribution in [1.82, 2.24) is 10.2 Å². The van der Waals surface area contributed by atoms with Crippen LogP contribution in [0.1, 0.15) is 24.8 Å². The molecule has 1 amide bonds. The van der Waals surface area contributed by atoms with Crippen LogP contribution in [0.2, 0.25) is 0 Å². The fourth-order valence-corrected chi connectivity index (χ4v) is 3.58. The molecular weight excluding hydrogens is 324 g/mol. The van der Waals surface area contributed by atoms with Gasteiger partial charge in [-0.25, -0.2) is 0 Å². The first-order valence-electron chi connectivity index (χ1n) is 8.49. The Labute approximate surface area is 150 Å². The van der Waals surface area contributed by atoms with E-state index in [-0.39, 0.29) is 30.3 Å². The van der Waals surface area contributed by atoms with Crippen molar-refractivity contribution in [3.63, 3.8) is 0 Å². The first-order chi connectivity index (χ1) is 11.2. The van der Waals surface area contributed by atoms with E-state index >= 15 is 0 Å². The van der Waals surface area contributed by atoms with Crippen LogP contribution in [-0.2, 0) is 11.2 Å². The van der Waals surface area contributed by atoms with Crippen LogP contribution in [0.15, 0.2) is 36.4 Å². The number of allylic oxidation sites excluding steroid dienone is 2. The molecule has 1 fully saturated rings. The van der Waals surface area contributed by atoms with E-state index in [2.05, 4.69) is 23.5 Å². The first kappa shape index (κ1) is 18.8. The van der Waals surface area contributed by atoms with Gasteiger partial charge in [0.2, 0.25) is 0 Å². The number of hydrogen-bond acceptors (Lipinski definition) is 3. The quantitative estimate of drug-likeness (QED) is 0.731. The van der Waals surface area contributed by atoms with Gasteiger partial charge >= 0.3 is 0 Å². The first-order valence-corrected chi connectivity index (χ1v) is 8.49. The largest absolute Gasteiger partial charge is 0.483 e. The number of carbonyl (C=O) groups excluding carboxylic acids is 1. The molecule has 2 aliphatic rings. The fourth-order valence-electron chi connectivity index (χ4n) is 3.58. The predicted octanol–water partition coefficient (Wildman–Crippen LogP) is 2.82. The number of benzene rings is 1. The number of amides is 1. The minimum atomic E-state index is 0. The number of hydrogen-bond donors (Lipinski definition) is 1. The molecule has 2 aliphatic heterocycles. The summed E-state index contributed by atoms with van der Waals surface area (Å²) in [7, 11) is 1.90. The zero-order chi connectivity index (χ0) is 16.1. The summed E-state index contributed by atoms with van der Waals surface area (Å²) in [6.07, 6.45) is 8.67. The number of para-hydroxylation sites is 1. The number of piperidine rings is 1. The monoisotopic (exact) mass is 350 g/mol. The van der Waals surface area contributed by atoms with E-state index in [0.717, 1.165) is 56.6 Å². The molecule has 1 spiro atoms. The van der Waals surface area contributed by atoms with Gasteiger partial charge < -0.3 is 15.0 Å². The predicted molar refractivity (Wildman–Crippen MR) is 98.8 cm³/mol. The van der Waals surface area contributed by atoms with E-state index in [1.807, 2.05) is 30.1 Å². The Hall–Kier alpha value is -1.52. The van der Waals surface area contributed by atoms with Crippen LogP contribution < -0.4 is 10.1 Å². The Balaban J connectivity index is 0.00000208. The van der Waals surface area contributed by atoms with Gasteiger partial charge in [0.05, 0.1) is 0 Å². The maximum atomic E-state index is 12.4. The number of nitrogens with zero attached hydrogens (tertiary/aromatic N) is 1. The molecule has 1 aromatic rings. The van der Waals surface area contributed by atoms with Gasteiger partial charge in [0.1, 0.15) is 5.75 Å². The van der Waals surface area contributed by atoms with Gasteiger partial charge in [-0.1, -0.05) is 30.4 Å². The van der Waals surface area contributed by atoms with E-state index in [0.29, 0.717) is 0 Å². The highest BCUT2D eigenvalue weighted by molar-refractivity contribution is 5.85. The second-order valence-corrected chi connectivity index (χ2v) is 6.78. The average molecular weight is 351 g/mol. The normalized spacial score (nSPS) is 22.4. The highest BCUT2D eigenvalue weighted by Gasteiger charge is 2.33. The molecule has 0 unspecified atom stereocenters. The lowest BCUT2D eigenvalue weighted by Gasteiger charge is -2.40. The summed E-state index contributed by atoms with van der Waals surface area (Å²) in [5.41, 5.74) is 1.34. The van der Waals surface area contributed by atoms with Crippen molar-refractivity contribution in [2.24, 2.45) is 5.41 Å². The van der Waals surface area contributed by atoms with E-state index < -0.39 is 0 Å². The number of carbonyl (C=O) groups is 1. The maximum absolute atomic E-state index is 12.4. The third kappa shape index (κ3) is 4.52. The van der Waals surface area contributed by atoms with E-state index in [4.69, 9.17) is 4.74 Å². The van der Waals surface area contributed by atoms with Crippen LogP contribution in [0.3, 0.4) is 0 Å². The van der Waals surface area contributed by atoms with Crippen molar-refractivity contribution >= 4 is 18.3 Å². The third-order valence-electron chi connectivity index (χ3n) is 5.04. The van der Waals surface area contributed by atoms with E-state index in [1.165, 1.54) is 0 Å². The van der Waals surface area contributed by atoms with Crippen LogP contribution >= 0.6 is 12.4 Å². The summed E-state index contributed by atoms with van der Waals surface area (Å²) in [5.74, 6) is 0.873. The number of halogens is 1. The van der Waals surface area contributed by atoms with Crippen molar-refractivity contribution in [2.75, 3.05) is 33.3 Å².